The largest absolute Gasteiger partial charge is 0.391 e. The predicted molar refractivity (Wildman–Crippen MR) is 96.5 cm³/mol. The van der Waals surface area contributed by atoms with Crippen molar-refractivity contribution in [1.29, 1.82) is 0 Å². The lowest BCUT2D eigenvalue weighted by Gasteiger charge is -2.15. The molecule has 0 bridgehead atoms. The zero-order chi connectivity index (χ0) is 17.5. The van der Waals surface area contributed by atoms with Crippen LogP contribution in [0.3, 0.4) is 0 Å². The highest BCUT2D eigenvalue weighted by atomic mass is 32.1. The van der Waals surface area contributed by atoms with Crippen LogP contribution in [0.5, 0.6) is 0 Å². The third kappa shape index (κ3) is 5.18. The van der Waals surface area contributed by atoms with E-state index >= 15 is 0 Å². The molecule has 1 heterocycles. The summed E-state index contributed by atoms with van der Waals surface area (Å²) in [5, 5.41) is 17.2. The second-order valence-electron chi connectivity index (χ2n) is 5.97. The highest BCUT2D eigenvalue weighted by Gasteiger charge is 2.15. The highest BCUT2D eigenvalue weighted by Crippen LogP contribution is 2.18. The molecule has 3 N–H and O–H groups in total. The van der Waals surface area contributed by atoms with Crippen molar-refractivity contribution in [2.24, 2.45) is 5.92 Å². The molecule has 1 unspecified atom stereocenters. The van der Waals surface area contributed by atoms with Gasteiger partial charge in [0.2, 0.25) is 0 Å². The molecule has 0 saturated carbocycles. The molecule has 1 atom stereocenters. The Labute approximate surface area is 145 Å². The number of thiophene rings is 1. The minimum absolute atomic E-state index is 0.185. The molecule has 1 aromatic heterocycles. The van der Waals surface area contributed by atoms with E-state index in [1.54, 1.807) is 36.4 Å². The average molecular weight is 346 g/mol. The normalized spacial score (nSPS) is 12.0. The van der Waals surface area contributed by atoms with Gasteiger partial charge in [-0.1, -0.05) is 32.0 Å². The fraction of sp³-hybridized carbons (Fsp3) is 0.333. The van der Waals surface area contributed by atoms with Gasteiger partial charge in [-0.3, -0.25) is 9.59 Å². The minimum atomic E-state index is -0.582. The second-order valence-corrected chi connectivity index (χ2v) is 6.92. The summed E-state index contributed by atoms with van der Waals surface area (Å²) in [4.78, 5) is 25.1. The Morgan fingerprint density at radius 3 is 2.54 bits per heavy atom. The molecule has 2 rings (SSSR count). The minimum Gasteiger partial charge on any atom is -0.391 e. The first kappa shape index (κ1) is 18.2. The number of aliphatic hydroxyl groups is 1. The number of carbonyl (C=O) groups is 2. The molecule has 5 nitrogen and oxygen atoms in total. The first-order valence-electron chi connectivity index (χ1n) is 7.87. The van der Waals surface area contributed by atoms with E-state index in [0.717, 1.165) is 0 Å². The third-order valence-corrected chi connectivity index (χ3v) is 4.28. The molecule has 0 aliphatic heterocycles. The number of benzene rings is 1. The summed E-state index contributed by atoms with van der Waals surface area (Å²) in [7, 11) is 0. The van der Waals surface area contributed by atoms with Crippen molar-refractivity contribution in [1.82, 2.24) is 5.32 Å². The number of para-hydroxylation sites is 1. The summed E-state index contributed by atoms with van der Waals surface area (Å²) < 4.78 is 0. The molecule has 128 valence electrons. The molecule has 0 radical (unpaired) electrons. The summed E-state index contributed by atoms with van der Waals surface area (Å²) in [6.45, 7) is 4.21. The van der Waals surface area contributed by atoms with Crippen LogP contribution < -0.4 is 10.6 Å². The molecule has 0 saturated heterocycles. The maximum atomic E-state index is 12.4. The number of rotatable bonds is 7. The predicted octanol–water partition coefficient (Wildman–Crippen LogP) is 3.14. The molecule has 24 heavy (non-hydrogen) atoms. The Morgan fingerprint density at radius 1 is 1.12 bits per heavy atom. The van der Waals surface area contributed by atoms with Gasteiger partial charge < -0.3 is 15.7 Å². The Hall–Kier alpha value is -2.18. The van der Waals surface area contributed by atoms with Crippen molar-refractivity contribution in [3.63, 3.8) is 0 Å². The van der Waals surface area contributed by atoms with E-state index in [-0.39, 0.29) is 18.4 Å². The Bertz CT molecular complexity index is 683. The van der Waals surface area contributed by atoms with E-state index in [2.05, 4.69) is 10.6 Å². The Balaban J connectivity index is 2.02. The van der Waals surface area contributed by atoms with Crippen LogP contribution in [0.25, 0.3) is 0 Å². The van der Waals surface area contributed by atoms with Crippen molar-refractivity contribution in [3.05, 3.63) is 52.2 Å². The summed E-state index contributed by atoms with van der Waals surface area (Å²) in [6.07, 6.45) is 0.0404. The van der Waals surface area contributed by atoms with Crippen molar-refractivity contribution in [2.45, 2.75) is 26.4 Å². The summed E-state index contributed by atoms with van der Waals surface area (Å²) in [5.41, 5.74) is 0.825. The summed E-state index contributed by atoms with van der Waals surface area (Å²) in [5.74, 6) is -0.209. The fourth-order valence-electron chi connectivity index (χ4n) is 2.32. The van der Waals surface area contributed by atoms with Crippen LogP contribution in [0, 0.1) is 5.92 Å². The number of carbonyl (C=O) groups excluding carboxylic acids is 2. The lowest BCUT2D eigenvalue weighted by atomic mass is 10.1. The van der Waals surface area contributed by atoms with Gasteiger partial charge in [0.1, 0.15) is 0 Å². The van der Waals surface area contributed by atoms with Gasteiger partial charge in [-0.2, -0.15) is 0 Å². The van der Waals surface area contributed by atoms with Crippen molar-refractivity contribution in [2.75, 3.05) is 11.9 Å². The van der Waals surface area contributed by atoms with E-state index in [0.29, 0.717) is 28.5 Å². The zero-order valence-electron chi connectivity index (χ0n) is 13.8. The number of amides is 2. The van der Waals surface area contributed by atoms with E-state index in [9.17, 15) is 14.7 Å². The number of nitrogens with one attached hydrogen (secondary N) is 2. The van der Waals surface area contributed by atoms with Gasteiger partial charge >= 0.3 is 0 Å². The van der Waals surface area contributed by atoms with Crippen molar-refractivity contribution >= 4 is 28.8 Å². The van der Waals surface area contributed by atoms with Crippen molar-refractivity contribution < 1.29 is 14.7 Å². The zero-order valence-corrected chi connectivity index (χ0v) is 14.6. The number of hydrogen-bond acceptors (Lipinski definition) is 4. The number of aliphatic hydroxyl groups excluding tert-OH is 1. The van der Waals surface area contributed by atoms with Gasteiger partial charge in [0.15, 0.2) is 0 Å². The Morgan fingerprint density at radius 2 is 1.88 bits per heavy atom. The topological polar surface area (TPSA) is 78.4 Å². The van der Waals surface area contributed by atoms with Crippen LogP contribution >= 0.6 is 11.3 Å². The maximum absolute atomic E-state index is 12.4. The van der Waals surface area contributed by atoms with Gasteiger partial charge in [0, 0.05) is 6.54 Å². The Kier molecular flexibility index (Phi) is 6.52. The van der Waals surface area contributed by atoms with E-state index in [1.807, 2.05) is 19.2 Å². The molecule has 0 aliphatic rings. The monoisotopic (exact) mass is 346 g/mol. The van der Waals surface area contributed by atoms with E-state index < -0.39 is 6.10 Å². The third-order valence-electron chi connectivity index (χ3n) is 3.41. The molecule has 0 fully saturated rings. The molecular weight excluding hydrogens is 324 g/mol. The van der Waals surface area contributed by atoms with Crippen LogP contribution in [0.1, 0.15) is 40.3 Å². The average Bonchev–Trinajstić information content (AvgIpc) is 3.07. The molecule has 1 aromatic carbocycles. The molecule has 6 heteroatoms. The van der Waals surface area contributed by atoms with Gasteiger partial charge in [-0.15, -0.1) is 11.3 Å². The van der Waals surface area contributed by atoms with Crippen LogP contribution in [0.2, 0.25) is 0 Å². The lowest BCUT2D eigenvalue weighted by Crippen LogP contribution is -2.33. The maximum Gasteiger partial charge on any atom is 0.265 e. The highest BCUT2D eigenvalue weighted by molar-refractivity contribution is 7.12. The van der Waals surface area contributed by atoms with Gasteiger partial charge in [-0.05, 0) is 35.9 Å². The van der Waals surface area contributed by atoms with Gasteiger partial charge in [-0.25, -0.2) is 0 Å². The standard InChI is InChI=1S/C18H22N2O3S/c1-12(2)10-13(21)11-19-17(22)14-6-3-4-7-15(14)20-18(23)16-8-5-9-24-16/h3-9,12-13,21H,10-11H2,1-2H3,(H,19,22)(H,20,23). The SMILES string of the molecule is CC(C)CC(O)CNC(=O)c1ccccc1NC(=O)c1cccs1. The van der Waals surface area contributed by atoms with Crippen LogP contribution in [-0.4, -0.2) is 29.6 Å². The molecule has 0 spiro atoms. The van der Waals surface area contributed by atoms with E-state index in [1.165, 1.54) is 11.3 Å². The van der Waals surface area contributed by atoms with Gasteiger partial charge in [0.25, 0.3) is 11.8 Å². The van der Waals surface area contributed by atoms with Crippen molar-refractivity contribution in [3.8, 4) is 0 Å². The summed E-state index contributed by atoms with van der Waals surface area (Å²) in [6, 6.07) is 10.4. The first-order valence-corrected chi connectivity index (χ1v) is 8.75. The molecular formula is C18H22N2O3S. The quantitative estimate of drug-likeness (QED) is 0.721. The number of anilines is 1. The second kappa shape index (κ2) is 8.61. The van der Waals surface area contributed by atoms with E-state index in [4.69, 9.17) is 0 Å². The lowest BCUT2D eigenvalue weighted by molar-refractivity contribution is 0.0901. The summed E-state index contributed by atoms with van der Waals surface area (Å²) >= 11 is 1.34. The fourth-order valence-corrected chi connectivity index (χ4v) is 2.93. The smallest absolute Gasteiger partial charge is 0.265 e. The number of hydrogen-bond donors (Lipinski definition) is 3. The van der Waals surface area contributed by atoms with Crippen LogP contribution in [-0.2, 0) is 0 Å². The molecule has 2 aromatic rings. The van der Waals surface area contributed by atoms with Gasteiger partial charge in [0.05, 0.1) is 22.2 Å². The molecule has 0 aliphatic carbocycles. The first-order chi connectivity index (χ1) is 11.5. The molecule has 2 amide bonds. The van der Waals surface area contributed by atoms with Crippen LogP contribution in [0.4, 0.5) is 5.69 Å². The van der Waals surface area contributed by atoms with Crippen LogP contribution in [0.15, 0.2) is 41.8 Å².